The number of amides is 1. The molecule has 1 amide bonds. The molecule has 1 aliphatic rings. The van der Waals surface area contributed by atoms with E-state index in [-0.39, 0.29) is 5.91 Å². The molecule has 0 aromatic heterocycles. The SMILES string of the molecule is CCCN(CC(=O)N(C)Cc1ccccc1)C1CCNC1. The summed E-state index contributed by atoms with van der Waals surface area (Å²) in [6.07, 6.45) is 2.24. The van der Waals surface area contributed by atoms with Gasteiger partial charge in [0.1, 0.15) is 0 Å². The Kier molecular flexibility index (Phi) is 6.21. The van der Waals surface area contributed by atoms with E-state index < -0.39 is 0 Å². The van der Waals surface area contributed by atoms with Crippen LogP contribution in [-0.2, 0) is 11.3 Å². The number of carbonyl (C=O) groups is 1. The second-order valence-corrected chi connectivity index (χ2v) is 5.85. The Labute approximate surface area is 128 Å². The monoisotopic (exact) mass is 289 g/mol. The van der Waals surface area contributed by atoms with Crippen LogP contribution < -0.4 is 5.32 Å². The molecule has 0 aliphatic carbocycles. The van der Waals surface area contributed by atoms with Gasteiger partial charge < -0.3 is 10.2 Å². The van der Waals surface area contributed by atoms with E-state index in [0.29, 0.717) is 19.1 Å². The maximum Gasteiger partial charge on any atom is 0.236 e. The van der Waals surface area contributed by atoms with Crippen LogP contribution in [0.4, 0.5) is 0 Å². The molecule has 4 heteroatoms. The van der Waals surface area contributed by atoms with Crippen molar-refractivity contribution in [1.29, 1.82) is 0 Å². The molecule has 0 spiro atoms. The van der Waals surface area contributed by atoms with Gasteiger partial charge in [-0.1, -0.05) is 37.3 Å². The van der Waals surface area contributed by atoms with Crippen LogP contribution in [0.15, 0.2) is 30.3 Å². The molecule has 116 valence electrons. The third kappa shape index (κ3) is 4.83. The summed E-state index contributed by atoms with van der Waals surface area (Å²) in [6, 6.07) is 10.7. The molecular weight excluding hydrogens is 262 g/mol. The van der Waals surface area contributed by atoms with E-state index in [1.165, 1.54) is 5.56 Å². The van der Waals surface area contributed by atoms with Crippen LogP contribution in [0.2, 0.25) is 0 Å². The Morgan fingerprint density at radius 3 is 2.71 bits per heavy atom. The normalized spacial score (nSPS) is 18.1. The molecule has 1 aromatic carbocycles. The molecule has 1 N–H and O–H groups in total. The van der Waals surface area contributed by atoms with Crippen LogP contribution in [0, 0.1) is 0 Å². The van der Waals surface area contributed by atoms with Crippen molar-refractivity contribution in [2.24, 2.45) is 0 Å². The zero-order valence-electron chi connectivity index (χ0n) is 13.2. The summed E-state index contributed by atoms with van der Waals surface area (Å²) in [5.74, 6) is 0.208. The molecule has 1 unspecified atom stereocenters. The second-order valence-electron chi connectivity index (χ2n) is 5.85. The fraction of sp³-hybridized carbons (Fsp3) is 0.588. The van der Waals surface area contributed by atoms with E-state index in [9.17, 15) is 4.79 Å². The maximum atomic E-state index is 12.5. The molecule has 21 heavy (non-hydrogen) atoms. The average molecular weight is 289 g/mol. The highest BCUT2D eigenvalue weighted by atomic mass is 16.2. The minimum atomic E-state index is 0.208. The maximum absolute atomic E-state index is 12.5. The molecule has 1 fully saturated rings. The lowest BCUT2D eigenvalue weighted by molar-refractivity contribution is -0.132. The second kappa shape index (κ2) is 8.15. The number of hydrogen-bond acceptors (Lipinski definition) is 3. The molecular formula is C17H27N3O. The van der Waals surface area contributed by atoms with Crippen LogP contribution in [0.3, 0.4) is 0 Å². The lowest BCUT2D eigenvalue weighted by atomic mass is 10.2. The number of nitrogens with one attached hydrogen (secondary N) is 1. The first-order chi connectivity index (χ1) is 10.2. The number of likely N-dealkylation sites (N-methyl/N-ethyl adjacent to an activating group) is 1. The first kappa shape index (κ1) is 16.0. The van der Waals surface area contributed by atoms with Crippen LogP contribution in [-0.4, -0.2) is 55.0 Å². The Morgan fingerprint density at radius 2 is 2.10 bits per heavy atom. The lowest BCUT2D eigenvalue weighted by Crippen LogP contribution is -2.44. The fourth-order valence-electron chi connectivity index (χ4n) is 2.87. The standard InChI is InChI=1S/C17H27N3O/c1-3-11-20(16-9-10-18-12-16)14-17(21)19(2)13-15-7-5-4-6-8-15/h4-8,16,18H,3,9-14H2,1-2H3. The van der Waals surface area contributed by atoms with Gasteiger partial charge in [-0.05, 0) is 31.5 Å². The van der Waals surface area contributed by atoms with Crippen molar-refractivity contribution in [2.45, 2.75) is 32.4 Å². The van der Waals surface area contributed by atoms with Gasteiger partial charge in [-0.3, -0.25) is 9.69 Å². The molecule has 1 atom stereocenters. The minimum Gasteiger partial charge on any atom is -0.340 e. The van der Waals surface area contributed by atoms with Crippen LogP contribution in [0.1, 0.15) is 25.3 Å². The van der Waals surface area contributed by atoms with Gasteiger partial charge in [0, 0.05) is 26.2 Å². The number of hydrogen-bond donors (Lipinski definition) is 1. The van der Waals surface area contributed by atoms with Gasteiger partial charge in [0.05, 0.1) is 6.54 Å². The van der Waals surface area contributed by atoms with Crippen molar-refractivity contribution in [1.82, 2.24) is 15.1 Å². The first-order valence-electron chi connectivity index (χ1n) is 7.93. The van der Waals surface area contributed by atoms with Gasteiger partial charge >= 0.3 is 0 Å². The van der Waals surface area contributed by atoms with E-state index in [4.69, 9.17) is 0 Å². The Bertz CT molecular complexity index is 429. The van der Waals surface area contributed by atoms with Crippen molar-refractivity contribution in [3.8, 4) is 0 Å². The van der Waals surface area contributed by atoms with Crippen molar-refractivity contribution in [3.63, 3.8) is 0 Å². The summed E-state index contributed by atoms with van der Waals surface area (Å²) in [4.78, 5) is 16.6. The molecule has 0 radical (unpaired) electrons. The Balaban J connectivity index is 1.88. The molecule has 1 saturated heterocycles. The van der Waals surface area contributed by atoms with Gasteiger partial charge in [0.2, 0.25) is 5.91 Å². The Morgan fingerprint density at radius 1 is 1.33 bits per heavy atom. The number of rotatable bonds is 7. The fourth-order valence-corrected chi connectivity index (χ4v) is 2.87. The van der Waals surface area contributed by atoms with Crippen LogP contribution in [0.5, 0.6) is 0 Å². The highest BCUT2D eigenvalue weighted by Gasteiger charge is 2.24. The van der Waals surface area contributed by atoms with Crippen LogP contribution >= 0.6 is 0 Å². The quantitative estimate of drug-likeness (QED) is 0.830. The van der Waals surface area contributed by atoms with Gasteiger partial charge in [-0.2, -0.15) is 0 Å². The summed E-state index contributed by atoms with van der Waals surface area (Å²) < 4.78 is 0. The van der Waals surface area contributed by atoms with Crippen molar-refractivity contribution < 1.29 is 4.79 Å². The van der Waals surface area contributed by atoms with Gasteiger partial charge in [0.15, 0.2) is 0 Å². The highest BCUT2D eigenvalue weighted by Crippen LogP contribution is 2.10. The van der Waals surface area contributed by atoms with E-state index in [1.807, 2.05) is 30.1 Å². The summed E-state index contributed by atoms with van der Waals surface area (Å²) >= 11 is 0. The topological polar surface area (TPSA) is 35.6 Å². The van der Waals surface area contributed by atoms with E-state index >= 15 is 0 Å². The van der Waals surface area contributed by atoms with Crippen molar-refractivity contribution in [3.05, 3.63) is 35.9 Å². The minimum absolute atomic E-state index is 0.208. The van der Waals surface area contributed by atoms with Gasteiger partial charge in [-0.25, -0.2) is 0 Å². The van der Waals surface area contributed by atoms with Gasteiger partial charge in [0.25, 0.3) is 0 Å². The zero-order valence-corrected chi connectivity index (χ0v) is 13.2. The molecule has 1 heterocycles. The number of benzene rings is 1. The Hall–Kier alpha value is -1.39. The molecule has 0 bridgehead atoms. The summed E-state index contributed by atoms with van der Waals surface area (Å²) in [5.41, 5.74) is 1.18. The number of nitrogens with zero attached hydrogens (tertiary/aromatic N) is 2. The third-order valence-electron chi connectivity index (χ3n) is 4.09. The average Bonchev–Trinajstić information content (AvgIpc) is 3.02. The first-order valence-corrected chi connectivity index (χ1v) is 7.93. The van der Waals surface area contributed by atoms with Crippen molar-refractivity contribution in [2.75, 3.05) is 33.2 Å². The highest BCUT2D eigenvalue weighted by molar-refractivity contribution is 5.78. The van der Waals surface area contributed by atoms with E-state index in [0.717, 1.165) is 32.5 Å². The van der Waals surface area contributed by atoms with Crippen LogP contribution in [0.25, 0.3) is 0 Å². The lowest BCUT2D eigenvalue weighted by Gasteiger charge is -2.29. The largest absolute Gasteiger partial charge is 0.340 e. The van der Waals surface area contributed by atoms with E-state index in [1.54, 1.807) is 0 Å². The molecule has 4 nitrogen and oxygen atoms in total. The molecule has 1 aromatic rings. The van der Waals surface area contributed by atoms with Crippen molar-refractivity contribution >= 4 is 5.91 Å². The third-order valence-corrected chi connectivity index (χ3v) is 4.09. The predicted molar refractivity (Wildman–Crippen MR) is 86.1 cm³/mol. The molecule has 2 rings (SSSR count). The summed E-state index contributed by atoms with van der Waals surface area (Å²) in [7, 11) is 1.90. The zero-order chi connectivity index (χ0) is 15.1. The summed E-state index contributed by atoms with van der Waals surface area (Å²) in [6.45, 7) is 6.46. The number of carbonyl (C=O) groups excluding carboxylic acids is 1. The smallest absolute Gasteiger partial charge is 0.236 e. The van der Waals surface area contributed by atoms with E-state index in [2.05, 4.69) is 29.3 Å². The predicted octanol–water partition coefficient (Wildman–Crippen LogP) is 1.72. The summed E-state index contributed by atoms with van der Waals surface area (Å²) in [5, 5.41) is 3.39. The molecule has 0 saturated carbocycles. The molecule has 1 aliphatic heterocycles. The van der Waals surface area contributed by atoms with Gasteiger partial charge in [-0.15, -0.1) is 0 Å².